The van der Waals surface area contributed by atoms with Gasteiger partial charge in [0.15, 0.2) is 11.5 Å². The number of rotatable bonds is 11. The van der Waals surface area contributed by atoms with Gasteiger partial charge in [0.05, 0.1) is 21.3 Å². The number of methoxy groups -OCH3 is 3. The lowest BCUT2D eigenvalue weighted by atomic mass is 10.1. The molecular weight excluding hydrogens is 466 g/mol. The Labute approximate surface area is 218 Å². The molecule has 6 nitrogen and oxygen atoms in total. The molecule has 0 aromatic heterocycles. The second-order valence-corrected chi connectivity index (χ2v) is 8.51. The Kier molecular flexibility index (Phi) is 8.66. The molecule has 1 amide bonds. The lowest BCUT2D eigenvalue weighted by molar-refractivity contribution is 0.0729. The third-order valence-corrected chi connectivity index (χ3v) is 5.94. The average Bonchev–Trinajstić information content (AvgIpc) is 2.96. The molecule has 190 valence electrons. The molecule has 4 rings (SSSR count). The van der Waals surface area contributed by atoms with E-state index >= 15 is 0 Å². The molecular formula is C31H31NO5. The SMILES string of the molecule is COc1cc(OC)cc(C(=O)N(Cc2ccccc2)Cc2ccc(OC)c(OCc3ccccc3)c2)c1. The first-order valence-corrected chi connectivity index (χ1v) is 12.0. The summed E-state index contributed by atoms with van der Waals surface area (Å²) in [4.78, 5) is 15.6. The summed E-state index contributed by atoms with van der Waals surface area (Å²) < 4.78 is 22.4. The van der Waals surface area contributed by atoms with Crippen molar-refractivity contribution in [1.29, 1.82) is 0 Å². The Bertz CT molecular complexity index is 1290. The maximum atomic E-state index is 13.8. The average molecular weight is 498 g/mol. The van der Waals surface area contributed by atoms with Crippen molar-refractivity contribution in [2.24, 2.45) is 0 Å². The van der Waals surface area contributed by atoms with Gasteiger partial charge in [0.25, 0.3) is 5.91 Å². The first kappa shape index (κ1) is 25.6. The van der Waals surface area contributed by atoms with Crippen LogP contribution in [0.1, 0.15) is 27.0 Å². The van der Waals surface area contributed by atoms with Crippen molar-refractivity contribution in [1.82, 2.24) is 4.90 Å². The second-order valence-electron chi connectivity index (χ2n) is 8.51. The molecule has 0 spiro atoms. The van der Waals surface area contributed by atoms with Crippen LogP contribution in [0.2, 0.25) is 0 Å². The number of hydrogen-bond donors (Lipinski definition) is 0. The van der Waals surface area contributed by atoms with Crippen molar-refractivity contribution in [3.8, 4) is 23.0 Å². The molecule has 0 N–H and O–H groups in total. The van der Waals surface area contributed by atoms with Crippen molar-refractivity contribution in [2.45, 2.75) is 19.7 Å². The monoisotopic (exact) mass is 497 g/mol. The highest BCUT2D eigenvalue weighted by Gasteiger charge is 2.20. The highest BCUT2D eigenvalue weighted by atomic mass is 16.5. The molecule has 0 saturated heterocycles. The molecule has 0 heterocycles. The van der Waals surface area contributed by atoms with Crippen LogP contribution in [0.5, 0.6) is 23.0 Å². The van der Waals surface area contributed by atoms with Crippen LogP contribution in [-0.2, 0) is 19.7 Å². The highest BCUT2D eigenvalue weighted by molar-refractivity contribution is 5.95. The van der Waals surface area contributed by atoms with Gasteiger partial charge >= 0.3 is 0 Å². The van der Waals surface area contributed by atoms with E-state index in [2.05, 4.69) is 0 Å². The Morgan fingerprint density at radius 1 is 0.622 bits per heavy atom. The molecule has 0 bridgehead atoms. The van der Waals surface area contributed by atoms with E-state index in [-0.39, 0.29) is 5.91 Å². The number of nitrogens with zero attached hydrogens (tertiary/aromatic N) is 1. The molecule has 0 aliphatic rings. The van der Waals surface area contributed by atoms with Crippen molar-refractivity contribution < 1.29 is 23.7 Å². The Morgan fingerprint density at radius 2 is 1.22 bits per heavy atom. The Hall–Kier alpha value is -4.45. The number of ether oxygens (including phenoxy) is 4. The highest BCUT2D eigenvalue weighted by Crippen LogP contribution is 2.30. The van der Waals surface area contributed by atoms with E-state index in [4.69, 9.17) is 18.9 Å². The molecule has 6 heteroatoms. The minimum Gasteiger partial charge on any atom is -0.497 e. The number of hydrogen-bond acceptors (Lipinski definition) is 5. The molecule has 0 radical (unpaired) electrons. The summed E-state index contributed by atoms with van der Waals surface area (Å²) in [5.41, 5.74) is 3.49. The van der Waals surface area contributed by atoms with Crippen molar-refractivity contribution in [3.63, 3.8) is 0 Å². The fourth-order valence-corrected chi connectivity index (χ4v) is 4.00. The summed E-state index contributed by atoms with van der Waals surface area (Å²) in [5, 5.41) is 0. The number of amides is 1. The summed E-state index contributed by atoms with van der Waals surface area (Å²) >= 11 is 0. The maximum absolute atomic E-state index is 13.8. The largest absolute Gasteiger partial charge is 0.497 e. The molecule has 0 unspecified atom stereocenters. The standard InChI is InChI=1S/C31H31NO5/c1-34-27-17-26(18-28(19-27)35-2)31(33)32(20-23-10-6-4-7-11-23)21-25-14-15-29(36-3)30(16-25)37-22-24-12-8-5-9-13-24/h4-19H,20-22H2,1-3H3. The third-order valence-electron chi connectivity index (χ3n) is 5.94. The minimum atomic E-state index is -0.136. The molecule has 4 aromatic rings. The minimum absolute atomic E-state index is 0.136. The van der Waals surface area contributed by atoms with Crippen LogP contribution >= 0.6 is 0 Å². The van der Waals surface area contributed by atoms with Crippen LogP contribution in [0, 0.1) is 0 Å². The van der Waals surface area contributed by atoms with E-state index in [0.717, 1.165) is 16.7 Å². The van der Waals surface area contributed by atoms with Gasteiger partial charge in [-0.15, -0.1) is 0 Å². The molecule has 0 saturated carbocycles. The van der Waals surface area contributed by atoms with E-state index in [1.807, 2.05) is 78.9 Å². The number of carbonyl (C=O) groups excluding carboxylic acids is 1. The van der Waals surface area contributed by atoms with Crippen molar-refractivity contribution in [3.05, 3.63) is 119 Å². The smallest absolute Gasteiger partial charge is 0.254 e. The zero-order valence-electron chi connectivity index (χ0n) is 21.3. The van der Waals surface area contributed by atoms with Gasteiger partial charge in [-0.3, -0.25) is 4.79 Å². The van der Waals surface area contributed by atoms with Crippen molar-refractivity contribution in [2.75, 3.05) is 21.3 Å². The van der Waals surface area contributed by atoms with E-state index in [0.29, 0.717) is 48.3 Å². The van der Waals surface area contributed by atoms with Gasteiger partial charge in [0.2, 0.25) is 0 Å². The van der Waals surface area contributed by atoms with Gasteiger partial charge in [0.1, 0.15) is 18.1 Å². The Morgan fingerprint density at radius 3 is 1.81 bits per heavy atom. The van der Waals surface area contributed by atoms with E-state index < -0.39 is 0 Å². The van der Waals surface area contributed by atoms with Gasteiger partial charge in [-0.2, -0.15) is 0 Å². The second kappa shape index (κ2) is 12.5. The van der Waals surface area contributed by atoms with Gasteiger partial charge in [0, 0.05) is 24.7 Å². The third kappa shape index (κ3) is 6.82. The van der Waals surface area contributed by atoms with Gasteiger partial charge in [-0.05, 0) is 41.0 Å². The number of carbonyl (C=O) groups is 1. The fraction of sp³-hybridized carbons (Fsp3) is 0.194. The van der Waals surface area contributed by atoms with Crippen LogP contribution in [0.3, 0.4) is 0 Å². The van der Waals surface area contributed by atoms with Crippen LogP contribution in [0.4, 0.5) is 0 Å². The summed E-state index contributed by atoms with van der Waals surface area (Å²) in [6, 6.07) is 30.8. The maximum Gasteiger partial charge on any atom is 0.254 e. The van der Waals surface area contributed by atoms with Gasteiger partial charge < -0.3 is 23.8 Å². The van der Waals surface area contributed by atoms with Gasteiger partial charge in [-0.25, -0.2) is 0 Å². The van der Waals surface area contributed by atoms with Crippen LogP contribution in [0.15, 0.2) is 97.1 Å². The predicted octanol–water partition coefficient (Wildman–Crippen LogP) is 6.13. The lowest BCUT2D eigenvalue weighted by Crippen LogP contribution is -2.30. The summed E-state index contributed by atoms with van der Waals surface area (Å²) in [6.45, 7) is 1.22. The molecule has 37 heavy (non-hydrogen) atoms. The lowest BCUT2D eigenvalue weighted by Gasteiger charge is -2.24. The quantitative estimate of drug-likeness (QED) is 0.249. The van der Waals surface area contributed by atoms with E-state index in [9.17, 15) is 4.79 Å². The Balaban J connectivity index is 1.62. The predicted molar refractivity (Wildman–Crippen MR) is 143 cm³/mol. The summed E-state index contributed by atoms with van der Waals surface area (Å²) in [7, 11) is 4.75. The van der Waals surface area contributed by atoms with Crippen LogP contribution < -0.4 is 18.9 Å². The van der Waals surface area contributed by atoms with E-state index in [1.54, 1.807) is 44.4 Å². The van der Waals surface area contributed by atoms with Crippen LogP contribution in [0.25, 0.3) is 0 Å². The summed E-state index contributed by atoms with van der Waals surface area (Å²) in [5.74, 6) is 2.24. The molecule has 0 fully saturated rings. The molecule has 4 aromatic carbocycles. The zero-order chi connectivity index (χ0) is 26.0. The fourth-order valence-electron chi connectivity index (χ4n) is 4.00. The number of benzene rings is 4. The first-order chi connectivity index (χ1) is 18.1. The normalized spacial score (nSPS) is 10.5. The van der Waals surface area contributed by atoms with Crippen LogP contribution in [-0.4, -0.2) is 32.1 Å². The zero-order valence-corrected chi connectivity index (χ0v) is 21.3. The molecule has 0 aliphatic heterocycles. The topological polar surface area (TPSA) is 57.2 Å². The van der Waals surface area contributed by atoms with Gasteiger partial charge in [-0.1, -0.05) is 66.7 Å². The summed E-state index contributed by atoms with van der Waals surface area (Å²) in [6.07, 6.45) is 0. The molecule has 0 atom stereocenters. The molecule has 0 aliphatic carbocycles. The van der Waals surface area contributed by atoms with Crippen molar-refractivity contribution >= 4 is 5.91 Å². The first-order valence-electron chi connectivity index (χ1n) is 12.0. The van der Waals surface area contributed by atoms with E-state index in [1.165, 1.54) is 0 Å².